The predicted molar refractivity (Wildman–Crippen MR) is 131 cm³/mol. The number of nitrogens with zero attached hydrogens (tertiary/aromatic N) is 1. The van der Waals surface area contributed by atoms with Crippen molar-refractivity contribution in [3.05, 3.63) is 0 Å². The van der Waals surface area contributed by atoms with Crippen LogP contribution in [0, 0.1) is 0 Å². The van der Waals surface area contributed by atoms with Crippen LogP contribution in [0.1, 0.15) is 137 Å². The summed E-state index contributed by atoms with van der Waals surface area (Å²) in [4.78, 5) is 0. The molecule has 0 aromatic rings. The molecule has 0 saturated carbocycles. The first-order chi connectivity index (χ1) is 14.4. The first-order valence-corrected chi connectivity index (χ1v) is 14.7. The minimum absolute atomic E-state index is 0.491. The molecule has 30 heavy (non-hydrogen) atoms. The van der Waals surface area contributed by atoms with E-state index in [2.05, 4.69) is 20.8 Å². The van der Waals surface area contributed by atoms with Gasteiger partial charge >= 0.3 is 10.1 Å². The minimum atomic E-state index is -4.03. The van der Waals surface area contributed by atoms with Gasteiger partial charge in [0.1, 0.15) is 0 Å². The number of quaternary nitrogens is 1. The van der Waals surface area contributed by atoms with Crippen molar-refractivity contribution in [1.29, 1.82) is 0 Å². The van der Waals surface area contributed by atoms with Crippen LogP contribution in [0.5, 0.6) is 0 Å². The Hall–Kier alpha value is -0.130. The lowest BCUT2D eigenvalue weighted by atomic mass is 10.0. The van der Waals surface area contributed by atoms with Crippen LogP contribution < -0.4 is 0 Å². The fourth-order valence-electron chi connectivity index (χ4n) is 4.86. The van der Waals surface area contributed by atoms with E-state index in [1.54, 1.807) is 0 Å². The third kappa shape index (κ3) is 13.3. The van der Waals surface area contributed by atoms with Gasteiger partial charge in [-0.15, -0.1) is 0 Å². The van der Waals surface area contributed by atoms with Gasteiger partial charge in [0.05, 0.1) is 19.6 Å². The van der Waals surface area contributed by atoms with E-state index in [-0.39, 0.29) is 0 Å². The Morgan fingerprint density at radius 2 is 0.900 bits per heavy atom. The molecule has 5 heteroatoms. The largest absolute Gasteiger partial charge is 0.319 e. The van der Waals surface area contributed by atoms with E-state index in [4.69, 9.17) is 0 Å². The Kier molecular flexibility index (Phi) is 18.4. The van der Waals surface area contributed by atoms with Crippen LogP contribution in [0.3, 0.4) is 0 Å². The van der Waals surface area contributed by atoms with Crippen LogP contribution >= 0.6 is 0 Å². The summed E-state index contributed by atoms with van der Waals surface area (Å²) in [6.07, 6.45) is 20.4. The van der Waals surface area contributed by atoms with E-state index in [9.17, 15) is 13.0 Å². The summed E-state index contributed by atoms with van der Waals surface area (Å²) in [7, 11) is -4.03. The second-order valence-electron chi connectivity index (χ2n) is 9.36. The normalized spacial score (nSPS) is 13.6. The Balaban J connectivity index is 4.47. The monoisotopic (exact) mass is 448 g/mol. The maximum atomic E-state index is 12.2. The Bertz CT molecular complexity index is 471. The molecule has 0 heterocycles. The summed E-state index contributed by atoms with van der Waals surface area (Å²) in [5.74, 6) is 0. The molecule has 0 bridgehead atoms. The van der Waals surface area contributed by atoms with Crippen LogP contribution in [-0.4, -0.2) is 42.5 Å². The van der Waals surface area contributed by atoms with Gasteiger partial charge in [0.2, 0.25) is 5.37 Å². The van der Waals surface area contributed by atoms with Gasteiger partial charge in [-0.1, -0.05) is 105 Å². The summed E-state index contributed by atoms with van der Waals surface area (Å²) in [6, 6.07) is 0. The molecule has 0 aliphatic heterocycles. The topological polar surface area (TPSA) is 54.4 Å². The maximum Gasteiger partial charge on any atom is 0.319 e. The zero-order valence-electron chi connectivity index (χ0n) is 20.8. The maximum absolute atomic E-state index is 12.2. The second kappa shape index (κ2) is 18.4. The van der Waals surface area contributed by atoms with E-state index in [1.807, 2.05) is 6.92 Å². The highest BCUT2D eigenvalue weighted by molar-refractivity contribution is 7.86. The van der Waals surface area contributed by atoms with Gasteiger partial charge in [0.15, 0.2) is 0 Å². The van der Waals surface area contributed by atoms with Gasteiger partial charge in [-0.2, -0.15) is 8.42 Å². The molecule has 4 nitrogen and oxygen atoms in total. The van der Waals surface area contributed by atoms with Gasteiger partial charge in [-0.05, 0) is 25.7 Å². The lowest BCUT2D eigenvalue weighted by Gasteiger charge is -2.43. The van der Waals surface area contributed by atoms with Crippen molar-refractivity contribution in [2.75, 3.05) is 19.6 Å². The van der Waals surface area contributed by atoms with Gasteiger partial charge in [-0.25, -0.2) is 0 Å². The van der Waals surface area contributed by atoms with Crippen LogP contribution in [0.4, 0.5) is 0 Å². The Labute approximate surface area is 189 Å². The smallest absolute Gasteiger partial charge is 0.307 e. The van der Waals surface area contributed by atoms with E-state index in [1.165, 1.54) is 70.6 Å². The number of unbranched alkanes of at least 4 members (excludes halogenated alkanes) is 13. The SMILES string of the molecule is CCCCCCCCCCCCCC[N+](CCCC)(CCCC)C(CC)S(=O)(=O)O. The Morgan fingerprint density at radius 3 is 1.23 bits per heavy atom. The van der Waals surface area contributed by atoms with Crippen molar-refractivity contribution in [2.24, 2.45) is 0 Å². The summed E-state index contributed by atoms with van der Waals surface area (Å²) < 4.78 is 34.9. The van der Waals surface area contributed by atoms with Crippen molar-refractivity contribution in [3.63, 3.8) is 0 Å². The molecule has 182 valence electrons. The first kappa shape index (κ1) is 29.9. The van der Waals surface area contributed by atoms with Gasteiger partial charge in [-0.3, -0.25) is 4.55 Å². The van der Waals surface area contributed by atoms with E-state index in [0.29, 0.717) is 10.9 Å². The fourth-order valence-corrected chi connectivity index (χ4v) is 6.16. The van der Waals surface area contributed by atoms with Gasteiger partial charge in [0, 0.05) is 6.42 Å². The van der Waals surface area contributed by atoms with E-state index < -0.39 is 15.5 Å². The predicted octanol–water partition coefficient (Wildman–Crippen LogP) is 7.73. The molecule has 1 unspecified atom stereocenters. The summed E-state index contributed by atoms with van der Waals surface area (Å²) in [5.41, 5.74) is 0. The molecule has 0 radical (unpaired) electrons. The number of hydrogen-bond donors (Lipinski definition) is 1. The zero-order chi connectivity index (χ0) is 22.7. The summed E-state index contributed by atoms with van der Waals surface area (Å²) >= 11 is 0. The van der Waals surface area contributed by atoms with Gasteiger partial charge < -0.3 is 4.48 Å². The number of rotatable bonds is 22. The summed E-state index contributed by atoms with van der Waals surface area (Å²) in [6.45, 7) is 11.1. The van der Waals surface area contributed by atoms with Crippen molar-refractivity contribution >= 4 is 10.1 Å². The lowest BCUT2D eigenvalue weighted by molar-refractivity contribution is -0.939. The molecule has 0 aromatic heterocycles. The van der Waals surface area contributed by atoms with E-state index >= 15 is 0 Å². The van der Waals surface area contributed by atoms with Gasteiger partial charge in [0.25, 0.3) is 0 Å². The molecule has 1 atom stereocenters. The Morgan fingerprint density at radius 1 is 0.567 bits per heavy atom. The van der Waals surface area contributed by atoms with Crippen LogP contribution in [0.2, 0.25) is 0 Å². The summed E-state index contributed by atoms with van der Waals surface area (Å²) in [5, 5.41) is -0.664. The molecular formula is C25H54NO3S+. The first-order valence-electron chi connectivity index (χ1n) is 13.2. The number of hydrogen-bond acceptors (Lipinski definition) is 2. The third-order valence-corrected chi connectivity index (χ3v) is 8.14. The molecular weight excluding hydrogens is 394 g/mol. The standard InChI is InChI=1S/C25H53NO3S/c1-5-9-12-13-14-15-16-17-18-19-20-21-24-26(22-10-6-2,23-11-7-3)25(8-4)30(27,28)29/h25H,5-24H2,1-4H3/p+1. The molecule has 0 aliphatic rings. The average molecular weight is 449 g/mol. The molecule has 0 aromatic carbocycles. The third-order valence-electron chi connectivity index (χ3n) is 6.67. The molecule has 0 aliphatic carbocycles. The van der Waals surface area contributed by atoms with Crippen molar-refractivity contribution < 1.29 is 17.5 Å². The van der Waals surface area contributed by atoms with E-state index in [0.717, 1.165) is 51.7 Å². The fraction of sp³-hybridized carbons (Fsp3) is 1.00. The molecule has 0 saturated heterocycles. The molecule has 0 amide bonds. The van der Waals surface area contributed by atoms with Crippen LogP contribution in [-0.2, 0) is 10.1 Å². The van der Waals surface area contributed by atoms with Crippen molar-refractivity contribution in [3.8, 4) is 0 Å². The lowest BCUT2D eigenvalue weighted by Crippen LogP contribution is -2.59. The molecule has 0 spiro atoms. The highest BCUT2D eigenvalue weighted by Crippen LogP contribution is 2.26. The second-order valence-corrected chi connectivity index (χ2v) is 10.9. The van der Waals surface area contributed by atoms with Crippen LogP contribution in [0.25, 0.3) is 0 Å². The average Bonchev–Trinajstić information content (AvgIpc) is 2.70. The minimum Gasteiger partial charge on any atom is -0.307 e. The zero-order valence-corrected chi connectivity index (χ0v) is 21.7. The van der Waals surface area contributed by atoms with Crippen molar-refractivity contribution in [1.82, 2.24) is 0 Å². The molecule has 0 rings (SSSR count). The quantitative estimate of drug-likeness (QED) is 0.105. The van der Waals surface area contributed by atoms with Crippen molar-refractivity contribution in [2.45, 2.75) is 142 Å². The van der Waals surface area contributed by atoms with Crippen LogP contribution in [0.15, 0.2) is 0 Å². The highest BCUT2D eigenvalue weighted by Gasteiger charge is 2.42. The molecule has 0 fully saturated rings. The highest BCUT2D eigenvalue weighted by atomic mass is 32.2. The molecule has 1 N–H and O–H groups in total.